The Labute approximate surface area is 161 Å². The van der Waals surface area contributed by atoms with Crippen LogP contribution in [0.1, 0.15) is 58.1 Å². The topological polar surface area (TPSA) is 54.9 Å². The van der Waals surface area contributed by atoms with Crippen molar-refractivity contribution in [3.8, 4) is 0 Å². The quantitative estimate of drug-likeness (QED) is 0.639. The normalized spacial score (nSPS) is 15.2. The lowest BCUT2D eigenvalue weighted by Crippen LogP contribution is -2.11. The van der Waals surface area contributed by atoms with E-state index in [1.807, 2.05) is 35.7 Å². The highest BCUT2D eigenvalue weighted by molar-refractivity contribution is 8.16. The summed E-state index contributed by atoms with van der Waals surface area (Å²) in [5, 5.41) is 12.7. The maximum absolute atomic E-state index is 12.4. The number of benzene rings is 1. The number of nitrogens with one attached hydrogen (secondary N) is 1. The predicted molar refractivity (Wildman–Crippen MR) is 110 cm³/mol. The Morgan fingerprint density at radius 2 is 1.92 bits per heavy atom. The number of aromatic nitrogens is 2. The van der Waals surface area contributed by atoms with Crippen LogP contribution in [0.4, 0.5) is 5.13 Å². The van der Waals surface area contributed by atoms with Crippen LogP contribution in [0.25, 0.3) is 0 Å². The Hall–Kier alpha value is -1.05. The van der Waals surface area contributed by atoms with Crippen molar-refractivity contribution in [3.63, 3.8) is 0 Å². The first kappa shape index (κ1) is 18.7. The molecule has 2 heterocycles. The molecule has 0 unspecified atom stereocenters. The zero-order valence-corrected chi connectivity index (χ0v) is 16.8. The molecule has 1 aromatic carbocycles. The van der Waals surface area contributed by atoms with Crippen LogP contribution in [-0.2, 0) is 6.42 Å². The fourth-order valence-electron chi connectivity index (χ4n) is 2.57. The van der Waals surface area contributed by atoms with Gasteiger partial charge in [-0.25, -0.2) is 0 Å². The molecule has 1 aliphatic rings. The Morgan fingerprint density at radius 3 is 2.64 bits per heavy atom. The van der Waals surface area contributed by atoms with Crippen LogP contribution in [0.5, 0.6) is 0 Å². The van der Waals surface area contributed by atoms with Crippen LogP contribution in [-0.4, -0.2) is 27.6 Å². The predicted octanol–water partition coefficient (Wildman–Crippen LogP) is 5.39. The summed E-state index contributed by atoms with van der Waals surface area (Å²) in [5.74, 6) is 2.32. The third-order valence-corrected chi connectivity index (χ3v) is 7.87. The van der Waals surface area contributed by atoms with Crippen LogP contribution >= 0.6 is 34.9 Å². The summed E-state index contributed by atoms with van der Waals surface area (Å²) in [6, 6.07) is 7.95. The van der Waals surface area contributed by atoms with Gasteiger partial charge in [0.05, 0.1) is 4.58 Å². The molecular weight excluding hydrogens is 370 g/mol. The number of carbonyl (C=O) groups is 1. The molecule has 1 aliphatic heterocycles. The summed E-state index contributed by atoms with van der Waals surface area (Å²) in [6.45, 7) is 2.18. The van der Waals surface area contributed by atoms with Crippen molar-refractivity contribution < 1.29 is 4.79 Å². The van der Waals surface area contributed by atoms with E-state index in [2.05, 4.69) is 34.6 Å². The summed E-state index contributed by atoms with van der Waals surface area (Å²) in [4.78, 5) is 12.4. The summed E-state index contributed by atoms with van der Waals surface area (Å²) < 4.78 is 0.500. The fraction of sp³-hybridized carbons (Fsp3) is 0.500. The van der Waals surface area contributed by atoms with Crippen molar-refractivity contribution >= 4 is 45.9 Å². The van der Waals surface area contributed by atoms with E-state index < -0.39 is 0 Å². The third-order valence-electron chi connectivity index (χ3n) is 3.95. The molecule has 4 nitrogen and oxygen atoms in total. The van der Waals surface area contributed by atoms with Crippen LogP contribution < -0.4 is 5.32 Å². The lowest BCUT2D eigenvalue weighted by Gasteiger charge is -2.21. The summed E-state index contributed by atoms with van der Waals surface area (Å²) in [7, 11) is 0. The summed E-state index contributed by atoms with van der Waals surface area (Å²) >= 11 is 5.45. The number of carbonyl (C=O) groups excluding carboxylic acids is 1. The molecule has 2 aromatic rings. The maximum atomic E-state index is 12.4. The van der Waals surface area contributed by atoms with Crippen molar-refractivity contribution in [1.82, 2.24) is 10.2 Å². The van der Waals surface area contributed by atoms with Crippen LogP contribution in [0, 0.1) is 0 Å². The molecule has 0 radical (unpaired) electrons. The van der Waals surface area contributed by atoms with Gasteiger partial charge in [0, 0.05) is 12.0 Å². The number of hydrogen-bond donors (Lipinski definition) is 1. The van der Waals surface area contributed by atoms with Crippen molar-refractivity contribution in [2.75, 3.05) is 16.8 Å². The average molecular weight is 394 g/mol. The number of rotatable bonds is 7. The molecule has 0 saturated carbocycles. The van der Waals surface area contributed by atoms with E-state index in [9.17, 15) is 4.79 Å². The molecule has 0 aliphatic carbocycles. The van der Waals surface area contributed by atoms with Gasteiger partial charge in [-0.3, -0.25) is 10.1 Å². The zero-order chi connectivity index (χ0) is 17.5. The Balaban J connectivity index is 1.55. The second-order valence-electron chi connectivity index (χ2n) is 5.96. The van der Waals surface area contributed by atoms with Gasteiger partial charge in [0.1, 0.15) is 5.01 Å². The molecule has 7 heteroatoms. The summed E-state index contributed by atoms with van der Waals surface area (Å²) in [5.41, 5.74) is 1.96. The van der Waals surface area contributed by atoms with Gasteiger partial charge < -0.3 is 0 Å². The first-order valence-corrected chi connectivity index (χ1v) is 11.6. The average Bonchev–Trinajstić information content (AvgIpc) is 3.10. The standard InChI is InChI=1S/C18H23N3OS3/c1-2-3-4-6-15-20-21-18(25-15)19-16(22)13-7-9-14(10-8-13)17-23-11-5-12-24-17/h7-10,17H,2-6,11-12H2,1H3,(H,19,21,22). The van der Waals surface area contributed by atoms with Gasteiger partial charge in [-0.1, -0.05) is 43.2 Å². The highest BCUT2D eigenvalue weighted by Gasteiger charge is 2.17. The van der Waals surface area contributed by atoms with Gasteiger partial charge in [0.2, 0.25) is 5.13 Å². The molecular formula is C18H23N3OS3. The van der Waals surface area contributed by atoms with Crippen LogP contribution in [0.3, 0.4) is 0 Å². The third kappa shape index (κ3) is 5.46. The molecule has 0 bridgehead atoms. The van der Waals surface area contributed by atoms with E-state index in [1.54, 1.807) is 0 Å². The zero-order valence-electron chi connectivity index (χ0n) is 14.4. The number of aryl methyl sites for hydroxylation is 1. The summed E-state index contributed by atoms with van der Waals surface area (Å²) in [6.07, 6.45) is 5.74. The van der Waals surface area contributed by atoms with Crippen LogP contribution in [0.15, 0.2) is 24.3 Å². The maximum Gasteiger partial charge on any atom is 0.257 e. The molecule has 3 rings (SSSR count). The number of amides is 1. The molecule has 1 N–H and O–H groups in total. The van der Waals surface area contributed by atoms with E-state index >= 15 is 0 Å². The second-order valence-corrected chi connectivity index (χ2v) is 9.75. The van der Waals surface area contributed by atoms with Gasteiger partial charge in [0.25, 0.3) is 5.91 Å². The van der Waals surface area contributed by atoms with Crippen molar-refractivity contribution in [3.05, 3.63) is 40.4 Å². The van der Waals surface area contributed by atoms with Gasteiger partial charge in [-0.2, -0.15) is 0 Å². The monoisotopic (exact) mass is 393 g/mol. The molecule has 0 atom stereocenters. The SMILES string of the molecule is CCCCCc1nnc(NC(=O)c2ccc(C3SCCCS3)cc2)s1. The van der Waals surface area contributed by atoms with E-state index in [0.717, 1.165) is 17.8 Å². The highest BCUT2D eigenvalue weighted by Crippen LogP contribution is 2.43. The molecule has 25 heavy (non-hydrogen) atoms. The van der Waals surface area contributed by atoms with E-state index in [1.165, 1.54) is 47.7 Å². The number of nitrogens with zero attached hydrogens (tertiary/aromatic N) is 2. The molecule has 1 fully saturated rings. The number of anilines is 1. The molecule has 0 spiro atoms. The van der Waals surface area contributed by atoms with Crippen molar-refractivity contribution in [2.45, 2.75) is 43.6 Å². The largest absolute Gasteiger partial charge is 0.296 e. The Kier molecular flexibility index (Phi) is 7.19. The fourth-order valence-corrected chi connectivity index (χ4v) is 6.24. The molecule has 1 amide bonds. The minimum Gasteiger partial charge on any atom is -0.296 e. The lowest BCUT2D eigenvalue weighted by molar-refractivity contribution is 0.102. The second kappa shape index (κ2) is 9.59. The molecule has 134 valence electrons. The Morgan fingerprint density at radius 1 is 1.16 bits per heavy atom. The number of unbranched alkanes of at least 4 members (excludes halogenated alkanes) is 2. The van der Waals surface area contributed by atoms with Gasteiger partial charge in [-0.15, -0.1) is 33.7 Å². The lowest BCUT2D eigenvalue weighted by atomic mass is 10.1. The number of hydrogen-bond acceptors (Lipinski definition) is 6. The van der Waals surface area contributed by atoms with E-state index in [0.29, 0.717) is 15.3 Å². The van der Waals surface area contributed by atoms with E-state index in [-0.39, 0.29) is 5.91 Å². The molecule has 1 saturated heterocycles. The first-order chi connectivity index (χ1) is 12.3. The van der Waals surface area contributed by atoms with Gasteiger partial charge in [0.15, 0.2) is 0 Å². The van der Waals surface area contributed by atoms with Crippen molar-refractivity contribution in [2.24, 2.45) is 0 Å². The van der Waals surface area contributed by atoms with Gasteiger partial charge >= 0.3 is 0 Å². The van der Waals surface area contributed by atoms with Crippen molar-refractivity contribution in [1.29, 1.82) is 0 Å². The minimum absolute atomic E-state index is 0.119. The first-order valence-electron chi connectivity index (χ1n) is 8.73. The van der Waals surface area contributed by atoms with E-state index in [4.69, 9.17) is 0 Å². The molecule has 1 aromatic heterocycles. The number of thioether (sulfide) groups is 2. The van der Waals surface area contributed by atoms with Crippen LogP contribution in [0.2, 0.25) is 0 Å². The highest BCUT2D eigenvalue weighted by atomic mass is 32.2. The van der Waals surface area contributed by atoms with Gasteiger partial charge in [-0.05, 0) is 42.0 Å². The Bertz CT molecular complexity index is 681. The minimum atomic E-state index is -0.119. The smallest absolute Gasteiger partial charge is 0.257 e.